The van der Waals surface area contributed by atoms with E-state index in [1.807, 2.05) is 30.9 Å². The Hall–Kier alpha value is -3.09. The highest BCUT2D eigenvalue weighted by molar-refractivity contribution is 6.05. The lowest BCUT2D eigenvalue weighted by molar-refractivity contribution is -0.136. The summed E-state index contributed by atoms with van der Waals surface area (Å²) >= 11 is 0. The third kappa shape index (κ3) is 2.90. The van der Waals surface area contributed by atoms with Crippen molar-refractivity contribution in [2.24, 2.45) is 17.3 Å². The number of allylic oxidation sites excluding steroid dienone is 2. The number of halogens is 1. The van der Waals surface area contributed by atoms with E-state index < -0.39 is 5.83 Å². The van der Waals surface area contributed by atoms with Crippen molar-refractivity contribution >= 4 is 11.5 Å². The molecule has 1 amide bonds. The number of carbonyl (C=O) groups is 1. The van der Waals surface area contributed by atoms with E-state index in [9.17, 15) is 4.79 Å². The van der Waals surface area contributed by atoms with Gasteiger partial charge in [-0.2, -0.15) is 0 Å². The van der Waals surface area contributed by atoms with E-state index in [-0.39, 0.29) is 35.0 Å². The van der Waals surface area contributed by atoms with Crippen LogP contribution in [0.25, 0.3) is 5.57 Å². The highest BCUT2D eigenvalue weighted by Crippen LogP contribution is 2.71. The molecular formula is C25H25FN4O2. The van der Waals surface area contributed by atoms with Crippen molar-refractivity contribution in [2.45, 2.75) is 45.3 Å². The molecule has 2 aromatic rings. The molecule has 32 heavy (non-hydrogen) atoms. The van der Waals surface area contributed by atoms with Gasteiger partial charge >= 0.3 is 0 Å². The van der Waals surface area contributed by atoms with Gasteiger partial charge in [0.05, 0.1) is 11.6 Å². The van der Waals surface area contributed by atoms with Crippen LogP contribution < -0.4 is 4.74 Å². The molecule has 0 bridgehead atoms. The van der Waals surface area contributed by atoms with Crippen LogP contribution in [0.5, 0.6) is 5.88 Å². The van der Waals surface area contributed by atoms with Crippen LogP contribution in [0, 0.1) is 24.2 Å². The van der Waals surface area contributed by atoms with E-state index in [4.69, 9.17) is 4.74 Å². The summed E-state index contributed by atoms with van der Waals surface area (Å²) in [5, 5.41) is 0. The maximum absolute atomic E-state index is 15.2. The molecule has 2 aromatic heterocycles. The first-order valence-electron chi connectivity index (χ1n) is 11.2. The summed E-state index contributed by atoms with van der Waals surface area (Å²) in [4.78, 5) is 28.6. The number of hydrogen-bond acceptors (Lipinski definition) is 5. The minimum Gasteiger partial charge on any atom is -0.472 e. The zero-order valence-corrected chi connectivity index (χ0v) is 18.2. The molecule has 1 spiro atoms. The molecule has 7 heteroatoms. The fraction of sp³-hybridized carbons (Fsp3) is 0.440. The predicted octanol–water partition coefficient (Wildman–Crippen LogP) is 3.90. The molecule has 1 saturated heterocycles. The summed E-state index contributed by atoms with van der Waals surface area (Å²) in [5.74, 6) is 0.722. The number of nitrogens with zero attached hydrogens (tertiary/aromatic N) is 4. The third-order valence-corrected chi connectivity index (χ3v) is 7.52. The summed E-state index contributed by atoms with van der Waals surface area (Å²) in [6.45, 7) is 4.57. The predicted molar refractivity (Wildman–Crippen MR) is 116 cm³/mol. The zero-order chi connectivity index (χ0) is 22.0. The van der Waals surface area contributed by atoms with Crippen LogP contribution in [0.1, 0.15) is 37.6 Å². The van der Waals surface area contributed by atoms with Crippen molar-refractivity contribution < 1.29 is 13.9 Å². The Bertz CT molecular complexity index is 1150. The molecule has 5 unspecified atom stereocenters. The standard InChI is InChI=1S/C25H25FN4O2/c1-14-4-5-20(29-12-14)32-19-11-25-10-16(25)13-30(22(19)25)24(31)21-17(8-15(2)9-18(21)26)23-27-6-3-7-28-23/h3-7,9,12,15-16,19,22H,8,10-11,13H2,1-2H3. The van der Waals surface area contributed by atoms with E-state index in [0.29, 0.717) is 36.2 Å². The van der Waals surface area contributed by atoms with Crippen LogP contribution >= 0.6 is 0 Å². The van der Waals surface area contributed by atoms with Gasteiger partial charge in [0.2, 0.25) is 5.88 Å². The van der Waals surface area contributed by atoms with Crippen molar-refractivity contribution in [2.75, 3.05) is 6.54 Å². The molecule has 5 atom stereocenters. The van der Waals surface area contributed by atoms with Crippen LogP contribution in [0.4, 0.5) is 4.39 Å². The molecule has 0 radical (unpaired) electrons. The maximum atomic E-state index is 15.2. The van der Waals surface area contributed by atoms with Gasteiger partial charge in [-0.1, -0.05) is 13.0 Å². The van der Waals surface area contributed by atoms with Gasteiger partial charge in [0, 0.05) is 42.2 Å². The van der Waals surface area contributed by atoms with Gasteiger partial charge in [0.15, 0.2) is 5.82 Å². The number of piperidine rings is 1. The highest BCUT2D eigenvalue weighted by atomic mass is 19.1. The summed E-state index contributed by atoms with van der Waals surface area (Å²) in [5.41, 5.74) is 1.91. The normalized spacial score (nSPS) is 32.6. The van der Waals surface area contributed by atoms with Crippen LogP contribution in [0.3, 0.4) is 0 Å². The number of carbonyl (C=O) groups excluding carboxylic acids is 1. The molecule has 1 aliphatic heterocycles. The molecule has 6 rings (SSSR count). The maximum Gasteiger partial charge on any atom is 0.257 e. The first kappa shape index (κ1) is 19.6. The number of likely N-dealkylation sites (tertiary alicyclic amines) is 1. The zero-order valence-electron chi connectivity index (χ0n) is 18.2. The number of hydrogen-bond donors (Lipinski definition) is 0. The molecule has 6 nitrogen and oxygen atoms in total. The monoisotopic (exact) mass is 432 g/mol. The Balaban J connectivity index is 1.32. The lowest BCUT2D eigenvalue weighted by Gasteiger charge is -2.47. The average Bonchev–Trinajstić information content (AvgIpc) is 3.43. The second-order valence-electron chi connectivity index (χ2n) is 9.69. The number of ether oxygens (including phenoxy) is 1. The second kappa shape index (κ2) is 6.95. The fourth-order valence-electron chi connectivity index (χ4n) is 5.92. The summed E-state index contributed by atoms with van der Waals surface area (Å²) < 4.78 is 21.4. The van der Waals surface area contributed by atoms with Crippen LogP contribution in [-0.4, -0.2) is 44.4 Å². The fourth-order valence-corrected chi connectivity index (χ4v) is 5.92. The largest absolute Gasteiger partial charge is 0.472 e. The van der Waals surface area contributed by atoms with Crippen molar-refractivity contribution in [3.05, 3.63) is 65.7 Å². The Kier molecular flexibility index (Phi) is 4.26. The second-order valence-corrected chi connectivity index (χ2v) is 9.69. The summed E-state index contributed by atoms with van der Waals surface area (Å²) in [7, 11) is 0. The summed E-state index contributed by atoms with van der Waals surface area (Å²) in [6.07, 6.45) is 9.03. The van der Waals surface area contributed by atoms with Gasteiger partial charge in [-0.15, -0.1) is 0 Å². The number of aromatic nitrogens is 3. The van der Waals surface area contributed by atoms with Crippen LogP contribution in [0.2, 0.25) is 0 Å². The van der Waals surface area contributed by atoms with E-state index in [0.717, 1.165) is 18.4 Å². The van der Waals surface area contributed by atoms with E-state index >= 15 is 4.39 Å². The Labute approximate surface area is 186 Å². The van der Waals surface area contributed by atoms with Crippen molar-refractivity contribution in [3.63, 3.8) is 0 Å². The van der Waals surface area contributed by atoms with Gasteiger partial charge in [0.1, 0.15) is 11.9 Å². The minimum atomic E-state index is -0.470. The topological polar surface area (TPSA) is 68.2 Å². The van der Waals surface area contributed by atoms with E-state index in [2.05, 4.69) is 15.0 Å². The van der Waals surface area contributed by atoms with Crippen LogP contribution in [-0.2, 0) is 4.79 Å². The Morgan fingerprint density at radius 1 is 1.22 bits per heavy atom. The Morgan fingerprint density at radius 3 is 2.78 bits per heavy atom. The molecule has 2 saturated carbocycles. The van der Waals surface area contributed by atoms with Crippen molar-refractivity contribution in [1.29, 1.82) is 0 Å². The number of amides is 1. The Morgan fingerprint density at radius 2 is 2.03 bits per heavy atom. The minimum absolute atomic E-state index is 0.0175. The van der Waals surface area contributed by atoms with Crippen molar-refractivity contribution in [1.82, 2.24) is 19.9 Å². The molecule has 164 valence electrons. The number of aryl methyl sites for hydroxylation is 1. The van der Waals surface area contributed by atoms with Gasteiger partial charge in [0.25, 0.3) is 5.91 Å². The molecule has 3 aliphatic carbocycles. The lowest BCUT2D eigenvalue weighted by atomic mass is 9.72. The smallest absolute Gasteiger partial charge is 0.257 e. The third-order valence-electron chi connectivity index (χ3n) is 7.52. The first-order chi connectivity index (χ1) is 15.5. The van der Waals surface area contributed by atoms with Gasteiger partial charge < -0.3 is 9.64 Å². The molecule has 0 N–H and O–H groups in total. The molecule has 4 aliphatic rings. The number of rotatable bonds is 4. The first-order valence-corrected chi connectivity index (χ1v) is 11.2. The number of pyridine rings is 1. The molecule has 3 fully saturated rings. The van der Waals surface area contributed by atoms with Crippen molar-refractivity contribution in [3.8, 4) is 5.88 Å². The van der Waals surface area contributed by atoms with Gasteiger partial charge in [-0.3, -0.25) is 4.79 Å². The van der Waals surface area contributed by atoms with E-state index in [1.54, 1.807) is 24.7 Å². The SMILES string of the molecule is Cc1ccc(OC2CC34CC3CN(C(=O)C3=C(c5ncccn5)CC(C)C=C3F)C24)nc1. The highest BCUT2D eigenvalue weighted by Gasteiger charge is 2.76. The van der Waals surface area contributed by atoms with Gasteiger partial charge in [-0.25, -0.2) is 19.3 Å². The van der Waals surface area contributed by atoms with E-state index in [1.165, 1.54) is 6.08 Å². The van der Waals surface area contributed by atoms with Crippen LogP contribution in [0.15, 0.2) is 54.3 Å². The van der Waals surface area contributed by atoms with Gasteiger partial charge in [-0.05, 0) is 55.7 Å². The summed E-state index contributed by atoms with van der Waals surface area (Å²) in [6, 6.07) is 5.51. The molecular weight excluding hydrogens is 407 g/mol. The molecule has 3 heterocycles. The quantitative estimate of drug-likeness (QED) is 0.733. The average molecular weight is 432 g/mol. The molecule has 0 aromatic carbocycles. The lowest BCUT2D eigenvalue weighted by Crippen LogP contribution is -2.59.